The van der Waals surface area contributed by atoms with Gasteiger partial charge in [0.05, 0.1) is 10.2 Å². The van der Waals surface area contributed by atoms with Crippen LogP contribution in [0.5, 0.6) is 0 Å². The van der Waals surface area contributed by atoms with E-state index in [0.29, 0.717) is 17.5 Å². The molecular weight excluding hydrogens is 737 g/mol. The lowest BCUT2D eigenvalue weighted by molar-refractivity contribution is 0.669. The zero-order valence-corrected chi connectivity index (χ0v) is 31.8. The molecule has 0 saturated heterocycles. The Hall–Kier alpha value is -7.06. The molecule has 4 aromatic heterocycles. The first-order valence-corrected chi connectivity index (χ1v) is 20.4. The Labute approximate surface area is 334 Å². The molecule has 0 amide bonds. The molecule has 12 rings (SSSR count). The lowest BCUT2D eigenvalue weighted by Crippen LogP contribution is -2.01. The van der Waals surface area contributed by atoms with Gasteiger partial charge in [-0.2, -0.15) is 0 Å². The third kappa shape index (κ3) is 5.20. The molecule has 4 heterocycles. The molecule has 266 valence electrons. The zero-order chi connectivity index (χ0) is 37.5. The lowest BCUT2D eigenvalue weighted by Gasteiger charge is -2.14. The van der Waals surface area contributed by atoms with E-state index in [1.54, 1.807) is 11.3 Å². The molecule has 0 atom stereocenters. The monoisotopic (exact) mass is 764 g/mol. The number of hydrogen-bond acceptors (Lipinski definition) is 7. The van der Waals surface area contributed by atoms with Crippen LogP contribution in [0.2, 0.25) is 0 Å². The average molecular weight is 765 g/mol. The number of benzene rings is 8. The maximum Gasteiger partial charge on any atom is 0.164 e. The van der Waals surface area contributed by atoms with Crippen molar-refractivity contribution in [3.63, 3.8) is 0 Å². The highest BCUT2D eigenvalue weighted by Crippen LogP contribution is 2.45. The SMILES string of the molecule is c1ccc(-c2nc(-c3ccc(-c4cccc5sc6cc7sc(-c8ccccc8)nc7cc6c45)c4ccccc34)nc(-c3cccc4oc5ccccc5c34)n2)cc1. The van der Waals surface area contributed by atoms with Gasteiger partial charge in [0.2, 0.25) is 0 Å². The van der Waals surface area contributed by atoms with E-state index in [1.807, 2.05) is 78.1 Å². The van der Waals surface area contributed by atoms with Crippen LogP contribution in [0.4, 0.5) is 0 Å². The number of aromatic nitrogens is 4. The molecule has 5 nitrogen and oxygen atoms in total. The van der Waals surface area contributed by atoms with Crippen LogP contribution in [-0.2, 0) is 0 Å². The first-order valence-electron chi connectivity index (χ1n) is 18.8. The maximum absolute atomic E-state index is 6.28. The van der Waals surface area contributed by atoms with Crippen LogP contribution >= 0.6 is 22.7 Å². The molecule has 0 unspecified atom stereocenters. The van der Waals surface area contributed by atoms with Crippen molar-refractivity contribution in [2.75, 3.05) is 0 Å². The summed E-state index contributed by atoms with van der Waals surface area (Å²) in [5.74, 6) is 1.83. The minimum atomic E-state index is 0.599. The molecule has 0 aliphatic heterocycles. The summed E-state index contributed by atoms with van der Waals surface area (Å²) in [6, 6.07) is 59.1. The van der Waals surface area contributed by atoms with Crippen molar-refractivity contribution in [1.82, 2.24) is 19.9 Å². The van der Waals surface area contributed by atoms with E-state index >= 15 is 0 Å². The van der Waals surface area contributed by atoms with Crippen LogP contribution in [0, 0.1) is 0 Å². The summed E-state index contributed by atoms with van der Waals surface area (Å²) in [6.45, 7) is 0. The van der Waals surface area contributed by atoms with E-state index in [2.05, 4.69) is 103 Å². The van der Waals surface area contributed by atoms with E-state index in [4.69, 9.17) is 24.4 Å². The average Bonchev–Trinajstić information content (AvgIpc) is 3.98. The van der Waals surface area contributed by atoms with Crippen molar-refractivity contribution in [2.24, 2.45) is 0 Å². The van der Waals surface area contributed by atoms with Crippen LogP contribution < -0.4 is 0 Å². The largest absolute Gasteiger partial charge is 0.456 e. The molecule has 0 saturated carbocycles. The van der Waals surface area contributed by atoms with Crippen molar-refractivity contribution in [1.29, 1.82) is 0 Å². The van der Waals surface area contributed by atoms with Crippen LogP contribution in [0.3, 0.4) is 0 Å². The number of para-hydroxylation sites is 1. The van der Waals surface area contributed by atoms with E-state index in [0.717, 1.165) is 71.1 Å². The lowest BCUT2D eigenvalue weighted by atomic mass is 9.92. The number of thiophene rings is 1. The van der Waals surface area contributed by atoms with Crippen molar-refractivity contribution < 1.29 is 4.42 Å². The third-order valence-electron chi connectivity index (χ3n) is 10.8. The molecular formula is C50H28N4OS2. The third-order valence-corrected chi connectivity index (χ3v) is 13.0. The van der Waals surface area contributed by atoms with Gasteiger partial charge < -0.3 is 4.42 Å². The number of fused-ring (bicyclic) bond motifs is 8. The standard InChI is InChI=1S/C50H28N4OS2/c1-3-13-29(14-4-1)47-52-48(54-49(53-47)37-21-11-23-41-45(37)36-19-9-10-22-40(36)55-41)35-26-25-33(31-17-7-8-18-32(31)35)34-20-12-24-42-46(34)38-27-39-44(28-43(38)56-42)57-50(51-39)30-15-5-2-6-16-30/h1-28H. The number of rotatable bonds is 5. The summed E-state index contributed by atoms with van der Waals surface area (Å²) >= 11 is 3.59. The molecule has 8 aromatic carbocycles. The van der Waals surface area contributed by atoms with Gasteiger partial charge in [-0.15, -0.1) is 22.7 Å². The number of thiazole rings is 1. The van der Waals surface area contributed by atoms with Gasteiger partial charge in [0.1, 0.15) is 16.2 Å². The molecule has 0 aliphatic rings. The topological polar surface area (TPSA) is 64.7 Å². The minimum absolute atomic E-state index is 0.599. The Bertz CT molecular complexity index is 3530. The minimum Gasteiger partial charge on any atom is -0.456 e. The molecule has 0 N–H and O–H groups in total. The summed E-state index contributed by atoms with van der Waals surface area (Å²) in [7, 11) is 0. The van der Waals surface area contributed by atoms with Gasteiger partial charge in [-0.25, -0.2) is 19.9 Å². The Morgan fingerprint density at radius 1 is 0.351 bits per heavy atom. The van der Waals surface area contributed by atoms with Crippen molar-refractivity contribution >= 4 is 85.8 Å². The zero-order valence-electron chi connectivity index (χ0n) is 30.2. The van der Waals surface area contributed by atoms with Gasteiger partial charge in [-0.1, -0.05) is 133 Å². The molecule has 7 heteroatoms. The number of hydrogen-bond donors (Lipinski definition) is 0. The van der Waals surface area contributed by atoms with Gasteiger partial charge in [-0.05, 0) is 58.3 Å². The van der Waals surface area contributed by atoms with Crippen LogP contribution in [-0.4, -0.2) is 19.9 Å². The van der Waals surface area contributed by atoms with Crippen LogP contribution in [0.15, 0.2) is 174 Å². The summed E-state index contributed by atoms with van der Waals surface area (Å²) in [5.41, 5.74) is 8.93. The van der Waals surface area contributed by atoms with Gasteiger partial charge in [0.25, 0.3) is 0 Å². The van der Waals surface area contributed by atoms with E-state index < -0.39 is 0 Å². The maximum atomic E-state index is 6.28. The van der Waals surface area contributed by atoms with Gasteiger partial charge in [-0.3, -0.25) is 0 Å². The first-order chi connectivity index (χ1) is 28.2. The quantitative estimate of drug-likeness (QED) is 0.175. The van der Waals surface area contributed by atoms with E-state index in [1.165, 1.54) is 30.4 Å². The second-order valence-electron chi connectivity index (χ2n) is 14.1. The Balaban J connectivity index is 1.06. The fourth-order valence-electron chi connectivity index (χ4n) is 8.20. The molecule has 0 aliphatic carbocycles. The van der Waals surface area contributed by atoms with Crippen molar-refractivity contribution in [3.8, 4) is 55.9 Å². The second kappa shape index (κ2) is 12.7. The predicted octanol–water partition coefficient (Wildman–Crippen LogP) is 14.2. The summed E-state index contributed by atoms with van der Waals surface area (Å²) in [5, 5.41) is 7.75. The van der Waals surface area contributed by atoms with Gasteiger partial charge in [0.15, 0.2) is 17.5 Å². The number of nitrogens with zero attached hydrogens (tertiary/aromatic N) is 4. The first kappa shape index (κ1) is 32.2. The predicted molar refractivity (Wildman–Crippen MR) is 238 cm³/mol. The molecule has 0 spiro atoms. The highest BCUT2D eigenvalue weighted by molar-refractivity contribution is 7.26. The number of furan rings is 1. The van der Waals surface area contributed by atoms with Crippen LogP contribution in [0.25, 0.3) is 119 Å². The van der Waals surface area contributed by atoms with Gasteiger partial charge in [0, 0.05) is 53.2 Å². The van der Waals surface area contributed by atoms with Gasteiger partial charge >= 0.3 is 0 Å². The molecule has 0 bridgehead atoms. The fraction of sp³-hybridized carbons (Fsp3) is 0. The van der Waals surface area contributed by atoms with Crippen molar-refractivity contribution in [3.05, 3.63) is 170 Å². The summed E-state index contributed by atoms with van der Waals surface area (Å²) in [6.07, 6.45) is 0. The van der Waals surface area contributed by atoms with E-state index in [9.17, 15) is 0 Å². The van der Waals surface area contributed by atoms with Crippen LogP contribution in [0.1, 0.15) is 0 Å². The summed E-state index contributed by atoms with van der Waals surface area (Å²) in [4.78, 5) is 20.6. The Morgan fingerprint density at radius 3 is 1.81 bits per heavy atom. The highest BCUT2D eigenvalue weighted by Gasteiger charge is 2.21. The molecule has 57 heavy (non-hydrogen) atoms. The highest BCUT2D eigenvalue weighted by atomic mass is 32.1. The second-order valence-corrected chi connectivity index (χ2v) is 16.3. The van der Waals surface area contributed by atoms with E-state index in [-0.39, 0.29) is 0 Å². The smallest absolute Gasteiger partial charge is 0.164 e. The van der Waals surface area contributed by atoms with Crippen molar-refractivity contribution in [2.45, 2.75) is 0 Å². The Kier molecular flexibility index (Phi) is 7.20. The normalized spacial score (nSPS) is 11.9. The molecule has 0 fully saturated rings. The molecule has 12 aromatic rings. The Morgan fingerprint density at radius 2 is 0.982 bits per heavy atom. The summed E-state index contributed by atoms with van der Waals surface area (Å²) < 4.78 is 10.00. The molecule has 0 radical (unpaired) electrons. The fourth-order valence-corrected chi connectivity index (χ4v) is 10.4.